The van der Waals surface area contributed by atoms with Gasteiger partial charge in [-0.05, 0) is 29.3 Å². The number of hydrogen-bond donors (Lipinski definition) is 1. The maximum Gasteiger partial charge on any atom is 0.0998 e. The highest BCUT2D eigenvalue weighted by molar-refractivity contribution is 6.30. The summed E-state index contributed by atoms with van der Waals surface area (Å²) >= 11 is 5.95. The van der Waals surface area contributed by atoms with Crippen molar-refractivity contribution in [1.82, 2.24) is 0 Å². The summed E-state index contributed by atoms with van der Waals surface area (Å²) in [6.45, 7) is 0.515. The largest absolute Gasteiger partial charge is 0.326 e. The second kappa shape index (κ2) is 5.01. The lowest BCUT2D eigenvalue weighted by Gasteiger charge is -2.06. The van der Waals surface area contributed by atoms with Crippen molar-refractivity contribution in [3.05, 3.63) is 58.6 Å². The summed E-state index contributed by atoms with van der Waals surface area (Å²) in [6, 6.07) is 15.2. The molecule has 2 aromatic carbocycles. The number of nitrogens with zero attached hydrogens (tertiary/aromatic N) is 1. The average molecular weight is 243 g/mol. The number of nitriles is 1. The van der Waals surface area contributed by atoms with E-state index in [-0.39, 0.29) is 0 Å². The van der Waals surface area contributed by atoms with Gasteiger partial charge in [-0.2, -0.15) is 5.26 Å². The molecule has 0 spiro atoms. The van der Waals surface area contributed by atoms with Crippen LogP contribution in [0, 0.1) is 11.3 Å². The highest BCUT2D eigenvalue weighted by Gasteiger charge is 2.05. The van der Waals surface area contributed by atoms with Gasteiger partial charge < -0.3 is 5.73 Å². The summed E-state index contributed by atoms with van der Waals surface area (Å²) < 4.78 is 0. The lowest BCUT2D eigenvalue weighted by molar-refractivity contribution is 1.07. The monoisotopic (exact) mass is 242 g/mol. The molecule has 0 bridgehead atoms. The molecule has 0 saturated carbocycles. The van der Waals surface area contributed by atoms with Crippen LogP contribution in [0.3, 0.4) is 0 Å². The Bertz CT molecular complexity index is 568. The molecule has 0 aliphatic heterocycles. The first-order chi connectivity index (χ1) is 8.24. The Morgan fingerprint density at radius 1 is 1.12 bits per heavy atom. The van der Waals surface area contributed by atoms with E-state index in [9.17, 15) is 0 Å². The van der Waals surface area contributed by atoms with E-state index in [1.54, 1.807) is 18.2 Å². The lowest BCUT2D eigenvalue weighted by atomic mass is 9.99. The van der Waals surface area contributed by atoms with E-state index in [0.717, 1.165) is 16.7 Å². The second-order valence-electron chi connectivity index (χ2n) is 3.70. The van der Waals surface area contributed by atoms with Gasteiger partial charge >= 0.3 is 0 Å². The zero-order valence-corrected chi connectivity index (χ0v) is 9.91. The van der Waals surface area contributed by atoms with Gasteiger partial charge in [0.15, 0.2) is 0 Å². The van der Waals surface area contributed by atoms with Gasteiger partial charge in [0.25, 0.3) is 0 Å². The van der Waals surface area contributed by atoms with Gasteiger partial charge in [0.2, 0.25) is 0 Å². The Hall–Kier alpha value is -1.82. The third-order valence-electron chi connectivity index (χ3n) is 2.60. The van der Waals surface area contributed by atoms with E-state index in [4.69, 9.17) is 22.6 Å². The predicted molar refractivity (Wildman–Crippen MR) is 69.5 cm³/mol. The molecule has 3 heteroatoms. The SMILES string of the molecule is N#Cc1ccc(Cl)cc1-c1ccc(CN)cc1. The van der Waals surface area contributed by atoms with E-state index in [2.05, 4.69) is 6.07 Å². The van der Waals surface area contributed by atoms with Crippen LogP contribution >= 0.6 is 11.6 Å². The molecular weight excluding hydrogens is 232 g/mol. The van der Waals surface area contributed by atoms with Crippen LogP contribution in [0.4, 0.5) is 0 Å². The van der Waals surface area contributed by atoms with Crippen molar-refractivity contribution in [2.75, 3.05) is 0 Å². The van der Waals surface area contributed by atoms with Crippen LogP contribution in [0.2, 0.25) is 5.02 Å². The van der Waals surface area contributed by atoms with E-state index in [1.807, 2.05) is 24.3 Å². The number of hydrogen-bond acceptors (Lipinski definition) is 2. The Labute approximate surface area is 105 Å². The minimum absolute atomic E-state index is 0.515. The standard InChI is InChI=1S/C14H11ClN2/c15-13-6-5-12(9-17)14(7-13)11-3-1-10(8-16)2-4-11/h1-7H,8,16H2. The Kier molecular flexibility index (Phi) is 3.43. The first-order valence-electron chi connectivity index (χ1n) is 5.23. The highest BCUT2D eigenvalue weighted by Crippen LogP contribution is 2.26. The van der Waals surface area contributed by atoms with Gasteiger partial charge in [0.1, 0.15) is 0 Å². The number of benzene rings is 2. The first-order valence-corrected chi connectivity index (χ1v) is 5.61. The molecule has 0 aliphatic rings. The summed E-state index contributed by atoms with van der Waals surface area (Å²) in [5.74, 6) is 0. The molecule has 0 unspecified atom stereocenters. The summed E-state index contributed by atoms with van der Waals surface area (Å²) in [5.41, 5.74) is 9.05. The fraction of sp³-hybridized carbons (Fsp3) is 0.0714. The predicted octanol–water partition coefficient (Wildman–Crippen LogP) is 3.34. The van der Waals surface area contributed by atoms with Gasteiger partial charge in [-0.15, -0.1) is 0 Å². The molecule has 2 N–H and O–H groups in total. The molecule has 0 aliphatic carbocycles. The summed E-state index contributed by atoms with van der Waals surface area (Å²) in [6.07, 6.45) is 0. The van der Waals surface area contributed by atoms with Crippen molar-refractivity contribution in [1.29, 1.82) is 5.26 Å². The molecule has 17 heavy (non-hydrogen) atoms. The lowest BCUT2D eigenvalue weighted by Crippen LogP contribution is -1.95. The van der Waals surface area contributed by atoms with E-state index >= 15 is 0 Å². The number of rotatable bonds is 2. The average Bonchev–Trinajstić information content (AvgIpc) is 2.39. The Morgan fingerprint density at radius 3 is 2.41 bits per heavy atom. The fourth-order valence-electron chi connectivity index (χ4n) is 1.67. The van der Waals surface area contributed by atoms with E-state index < -0.39 is 0 Å². The molecule has 0 atom stereocenters. The highest BCUT2D eigenvalue weighted by atomic mass is 35.5. The van der Waals surface area contributed by atoms with Crippen LogP contribution in [0.25, 0.3) is 11.1 Å². The summed E-state index contributed by atoms with van der Waals surface area (Å²) in [5, 5.41) is 9.69. The minimum atomic E-state index is 0.515. The third kappa shape index (κ3) is 2.47. The molecular formula is C14H11ClN2. The summed E-state index contributed by atoms with van der Waals surface area (Å²) in [4.78, 5) is 0. The Morgan fingerprint density at radius 2 is 1.82 bits per heavy atom. The molecule has 0 fully saturated rings. The molecule has 84 valence electrons. The van der Waals surface area contributed by atoms with Crippen molar-refractivity contribution in [3.63, 3.8) is 0 Å². The zero-order valence-electron chi connectivity index (χ0n) is 9.15. The maximum absolute atomic E-state index is 9.06. The van der Waals surface area contributed by atoms with Gasteiger partial charge in [-0.1, -0.05) is 35.9 Å². The van der Waals surface area contributed by atoms with Crippen LogP contribution in [0.5, 0.6) is 0 Å². The van der Waals surface area contributed by atoms with Crippen LogP contribution in [0.15, 0.2) is 42.5 Å². The van der Waals surface area contributed by atoms with Crippen LogP contribution in [0.1, 0.15) is 11.1 Å². The smallest absolute Gasteiger partial charge is 0.0998 e. The van der Waals surface area contributed by atoms with Crippen LogP contribution in [-0.4, -0.2) is 0 Å². The molecule has 2 nitrogen and oxygen atoms in total. The van der Waals surface area contributed by atoms with Crippen molar-refractivity contribution in [3.8, 4) is 17.2 Å². The van der Waals surface area contributed by atoms with E-state index in [0.29, 0.717) is 17.1 Å². The molecule has 0 amide bonds. The fourth-order valence-corrected chi connectivity index (χ4v) is 1.85. The van der Waals surface area contributed by atoms with Gasteiger partial charge in [0, 0.05) is 17.1 Å². The van der Waals surface area contributed by atoms with Crippen molar-refractivity contribution in [2.45, 2.75) is 6.54 Å². The number of halogens is 1. The van der Waals surface area contributed by atoms with Crippen LogP contribution in [-0.2, 0) is 6.54 Å². The molecule has 0 aromatic heterocycles. The molecule has 0 heterocycles. The van der Waals surface area contributed by atoms with Gasteiger partial charge in [0.05, 0.1) is 11.6 Å². The van der Waals surface area contributed by atoms with Crippen molar-refractivity contribution < 1.29 is 0 Å². The molecule has 0 radical (unpaired) electrons. The van der Waals surface area contributed by atoms with Gasteiger partial charge in [-0.25, -0.2) is 0 Å². The minimum Gasteiger partial charge on any atom is -0.326 e. The topological polar surface area (TPSA) is 49.8 Å². The number of nitrogens with two attached hydrogens (primary N) is 1. The third-order valence-corrected chi connectivity index (χ3v) is 2.84. The molecule has 0 saturated heterocycles. The quantitative estimate of drug-likeness (QED) is 0.878. The normalized spacial score (nSPS) is 9.94. The molecule has 2 rings (SSSR count). The second-order valence-corrected chi connectivity index (χ2v) is 4.14. The Balaban J connectivity index is 2.52. The van der Waals surface area contributed by atoms with Crippen molar-refractivity contribution >= 4 is 11.6 Å². The zero-order chi connectivity index (χ0) is 12.3. The molecule has 2 aromatic rings. The van der Waals surface area contributed by atoms with Crippen LogP contribution < -0.4 is 5.73 Å². The van der Waals surface area contributed by atoms with E-state index in [1.165, 1.54) is 0 Å². The van der Waals surface area contributed by atoms with Crippen molar-refractivity contribution in [2.24, 2.45) is 5.73 Å². The summed E-state index contributed by atoms with van der Waals surface area (Å²) in [7, 11) is 0. The first kappa shape index (κ1) is 11.7. The van der Waals surface area contributed by atoms with Gasteiger partial charge in [-0.3, -0.25) is 0 Å². The maximum atomic E-state index is 9.06.